The van der Waals surface area contributed by atoms with Crippen molar-refractivity contribution in [3.63, 3.8) is 0 Å². The summed E-state index contributed by atoms with van der Waals surface area (Å²) in [5, 5.41) is 0. The van der Waals surface area contributed by atoms with E-state index in [9.17, 15) is 19.2 Å². The molecule has 0 amide bonds. The third-order valence-corrected chi connectivity index (χ3v) is 11.6. The van der Waals surface area contributed by atoms with Gasteiger partial charge >= 0.3 is 40.9 Å². The van der Waals surface area contributed by atoms with Gasteiger partial charge in [-0.1, -0.05) is 46.5 Å². The van der Waals surface area contributed by atoms with E-state index in [0.717, 1.165) is 61.3 Å². The molecular formula is C44H48ClFeN4O8. The standard InChI is InChI=1S/C44H48N4O8.ClH.Fe/c1-9-55-43(51)29-15-27(29)41-23(5)33-17-31-21(3)25(11-13-39(49)53-7)35(45-31)20-36-26(12-14-40(50)54-8)22(4)32(46-36)18-37-42(28-16-30(28)44(52)56-10-2)24(6)34(48-37)19-38(41)47-33;;/h17-20,27-30H,9-16H2,1-8H3;1H;/q-2;;+3/p-1. The Balaban J connectivity index is 0.00000320. The Morgan fingerprint density at radius 1 is 0.655 bits per heavy atom. The molecule has 58 heavy (non-hydrogen) atoms. The van der Waals surface area contributed by atoms with Crippen molar-refractivity contribution in [2.75, 3.05) is 27.4 Å². The molecule has 3 aromatic rings. The summed E-state index contributed by atoms with van der Waals surface area (Å²) in [6.45, 7) is 12.3. The molecule has 0 spiro atoms. The van der Waals surface area contributed by atoms with E-state index >= 15 is 0 Å². The minimum atomic E-state index is -0.330. The molecule has 0 saturated heterocycles. The van der Waals surface area contributed by atoms with Gasteiger partial charge in [0.15, 0.2) is 0 Å². The van der Waals surface area contributed by atoms with E-state index in [1.165, 1.54) is 14.2 Å². The molecule has 12 nitrogen and oxygen atoms in total. The molecule has 3 aromatic heterocycles. The van der Waals surface area contributed by atoms with Crippen molar-refractivity contribution in [3.8, 4) is 0 Å². The minimum absolute atomic E-state index is 0. The van der Waals surface area contributed by atoms with Crippen molar-refractivity contribution >= 4 is 68.2 Å². The summed E-state index contributed by atoms with van der Waals surface area (Å²) in [7, 11) is 2.75. The number of methoxy groups -OCH3 is 2. The molecule has 4 unspecified atom stereocenters. The van der Waals surface area contributed by atoms with Crippen LogP contribution in [0.4, 0.5) is 0 Å². The molecular weight excluding hydrogens is 804 g/mol. The molecule has 0 aromatic carbocycles. The van der Waals surface area contributed by atoms with Crippen LogP contribution in [0.1, 0.15) is 111 Å². The third-order valence-electron chi connectivity index (χ3n) is 11.6. The molecule has 0 N–H and O–H groups in total. The van der Waals surface area contributed by atoms with E-state index in [0.29, 0.717) is 67.0 Å². The van der Waals surface area contributed by atoms with Crippen LogP contribution in [-0.2, 0) is 61.6 Å². The number of aryl methyl sites for hydroxylation is 3. The van der Waals surface area contributed by atoms with Gasteiger partial charge in [0.05, 0.1) is 62.0 Å². The second-order valence-electron chi connectivity index (χ2n) is 14.9. The summed E-state index contributed by atoms with van der Waals surface area (Å²) >= 11 is 0. The summed E-state index contributed by atoms with van der Waals surface area (Å²) < 4.78 is 20.8. The number of carbonyl (C=O) groups is 4. The Bertz CT molecular complexity index is 2390. The van der Waals surface area contributed by atoms with Gasteiger partial charge in [-0.2, -0.15) is 0 Å². The molecule has 2 aliphatic carbocycles. The predicted molar refractivity (Wildman–Crippen MR) is 211 cm³/mol. The topological polar surface area (TPSA) is 159 Å². The minimum Gasteiger partial charge on any atom is -1.00 e. The molecule has 307 valence electrons. The molecule has 2 aliphatic heterocycles. The molecule has 4 atom stereocenters. The van der Waals surface area contributed by atoms with E-state index in [-0.39, 0.29) is 89.9 Å². The molecule has 7 rings (SSSR count). The maximum atomic E-state index is 12.9. The molecule has 1 radical (unpaired) electrons. The van der Waals surface area contributed by atoms with Crippen LogP contribution in [0.15, 0.2) is 24.3 Å². The van der Waals surface area contributed by atoms with Crippen LogP contribution in [0, 0.1) is 31.6 Å². The van der Waals surface area contributed by atoms with E-state index in [1.807, 2.05) is 65.8 Å². The second kappa shape index (κ2) is 18.1. The molecule has 8 bridgehead atoms. The van der Waals surface area contributed by atoms with E-state index in [2.05, 4.69) is 0 Å². The zero-order valence-corrected chi connectivity index (χ0v) is 35.9. The molecule has 5 heterocycles. The van der Waals surface area contributed by atoms with Crippen LogP contribution >= 0.6 is 0 Å². The van der Waals surface area contributed by atoms with E-state index in [1.54, 1.807) is 0 Å². The van der Waals surface area contributed by atoms with Crippen molar-refractivity contribution in [2.45, 2.75) is 86.0 Å². The zero-order chi connectivity index (χ0) is 40.0. The van der Waals surface area contributed by atoms with Crippen LogP contribution in [-0.4, -0.2) is 61.3 Å². The number of nitrogens with zero attached hydrogens (tertiary/aromatic N) is 4. The Labute approximate surface area is 354 Å². The summed E-state index contributed by atoms with van der Waals surface area (Å²) in [6.07, 6.45) is 2.44. The maximum absolute atomic E-state index is 12.9. The van der Waals surface area contributed by atoms with Crippen LogP contribution in [0.5, 0.6) is 0 Å². The van der Waals surface area contributed by atoms with Crippen molar-refractivity contribution in [2.24, 2.45) is 17.8 Å². The number of hydrogen-bond acceptors (Lipinski definition) is 10. The van der Waals surface area contributed by atoms with Gasteiger partial charge < -0.3 is 41.3 Å². The van der Waals surface area contributed by atoms with Gasteiger partial charge in [0.1, 0.15) is 0 Å². The number of esters is 4. The zero-order valence-electron chi connectivity index (χ0n) is 34.1. The van der Waals surface area contributed by atoms with Crippen molar-refractivity contribution in [3.05, 3.63) is 69.3 Å². The van der Waals surface area contributed by atoms with Crippen molar-refractivity contribution in [1.29, 1.82) is 0 Å². The quantitative estimate of drug-likeness (QED) is 0.147. The van der Waals surface area contributed by atoms with Gasteiger partial charge in [-0.25, -0.2) is 9.97 Å². The third kappa shape index (κ3) is 8.53. The fraction of sp³-hybridized carbons (Fsp3) is 0.455. The first-order valence-electron chi connectivity index (χ1n) is 19.4. The van der Waals surface area contributed by atoms with Crippen molar-refractivity contribution in [1.82, 2.24) is 19.9 Å². The summed E-state index contributed by atoms with van der Waals surface area (Å²) in [4.78, 5) is 71.2. The molecule has 4 aliphatic rings. The average molecular weight is 852 g/mol. The van der Waals surface area contributed by atoms with Crippen LogP contribution in [0.25, 0.3) is 44.4 Å². The number of allylic oxidation sites excluding steroid dienone is 4. The summed E-state index contributed by atoms with van der Waals surface area (Å²) in [6, 6.07) is 7.86. The summed E-state index contributed by atoms with van der Waals surface area (Å²) in [5.74, 6) is -1.73. The monoisotopic (exact) mass is 851 g/mol. The van der Waals surface area contributed by atoms with Gasteiger partial charge in [0.25, 0.3) is 0 Å². The Morgan fingerprint density at radius 2 is 1.16 bits per heavy atom. The Morgan fingerprint density at radius 3 is 1.79 bits per heavy atom. The second-order valence-corrected chi connectivity index (χ2v) is 14.9. The molecule has 14 heteroatoms. The number of ether oxygens (including phenoxy) is 4. The van der Waals surface area contributed by atoms with Crippen LogP contribution in [0.3, 0.4) is 0 Å². The van der Waals surface area contributed by atoms with Crippen LogP contribution in [0.2, 0.25) is 0 Å². The van der Waals surface area contributed by atoms with Crippen molar-refractivity contribution < 1.29 is 67.6 Å². The first-order chi connectivity index (χ1) is 26.9. The van der Waals surface area contributed by atoms with E-state index in [4.69, 9.17) is 38.9 Å². The van der Waals surface area contributed by atoms with E-state index < -0.39 is 0 Å². The number of rotatable bonds is 12. The summed E-state index contributed by atoms with van der Waals surface area (Å²) in [5.41, 5.74) is 13.0. The van der Waals surface area contributed by atoms with Crippen LogP contribution < -0.4 is 22.4 Å². The van der Waals surface area contributed by atoms with Gasteiger partial charge in [0, 0.05) is 18.8 Å². The molecule has 2 fully saturated rings. The smallest absolute Gasteiger partial charge is 1.00 e. The Kier molecular flexibility index (Phi) is 13.8. The number of fused-ring (bicyclic) bond motifs is 8. The largest absolute Gasteiger partial charge is 3.00 e. The van der Waals surface area contributed by atoms with Gasteiger partial charge in [0.2, 0.25) is 0 Å². The fourth-order valence-electron chi connectivity index (χ4n) is 8.28. The normalized spacial score (nSPS) is 19.2. The van der Waals surface area contributed by atoms with Gasteiger partial charge in [-0.15, -0.1) is 22.1 Å². The SMILES string of the molecule is CCOC(=O)C1CC1C1=C(C)c2cc3[n-]c(cc4nc(cc5[n-]c(cc1n2)c(C)c5CCC(=O)OC)C(CCC(=O)OC)=C4C)c(C)c3C1CC1C(=O)OCC.[Cl-].[Fe+3]. The number of aromatic nitrogens is 4. The molecule has 2 saturated carbocycles. The first-order valence-corrected chi connectivity index (χ1v) is 19.4. The number of carbonyl (C=O) groups excluding carboxylic acids is 4. The number of halogens is 1. The first kappa shape index (κ1) is 44.4. The fourth-order valence-corrected chi connectivity index (χ4v) is 8.28. The van der Waals surface area contributed by atoms with Gasteiger partial charge in [-0.05, 0) is 95.4 Å². The predicted octanol–water partition coefficient (Wildman–Crippen LogP) is 3.98. The Hall–Kier alpha value is -4.71. The average Bonchev–Trinajstić information content (AvgIpc) is 4.04. The number of hydrogen-bond donors (Lipinski definition) is 0. The maximum Gasteiger partial charge on any atom is 3.00 e. The van der Waals surface area contributed by atoms with Gasteiger partial charge in [-0.3, -0.25) is 19.2 Å².